The van der Waals surface area contributed by atoms with Gasteiger partial charge < -0.3 is 65.6 Å². The van der Waals surface area contributed by atoms with Crippen LogP contribution in [0.25, 0.3) is 0 Å². The molecule has 2 aliphatic heterocycles. The number of rotatable bonds is 10. The van der Waals surface area contributed by atoms with Crippen LogP contribution in [0.1, 0.15) is 12.0 Å². The molecule has 3 aliphatic rings. The molecule has 2 heterocycles. The van der Waals surface area contributed by atoms with Crippen molar-refractivity contribution in [2.75, 3.05) is 13.2 Å². The van der Waals surface area contributed by atoms with Crippen LogP contribution >= 0.6 is 0 Å². The Kier molecular flexibility index (Phi) is 10.8. The first kappa shape index (κ1) is 36.7. The van der Waals surface area contributed by atoms with Crippen LogP contribution in [-0.2, 0) is 40.1 Å². The zero-order valence-corrected chi connectivity index (χ0v) is 24.9. The molecular weight excluding hydrogens is 660 g/mol. The molecule has 0 radical (unpaired) electrons. The molecule has 0 spiro atoms. The molecule has 2 saturated heterocycles. The lowest BCUT2D eigenvalue weighted by atomic mass is 9.71. The summed E-state index contributed by atoms with van der Waals surface area (Å²) in [6, 6.07) is 5.41. The lowest BCUT2D eigenvalue weighted by molar-refractivity contribution is -0.258. The second-order valence-corrected chi connectivity index (χ2v) is 12.3. The van der Waals surface area contributed by atoms with E-state index in [9.17, 15) is 78.7 Å². The van der Waals surface area contributed by atoms with Crippen molar-refractivity contribution in [3.05, 3.63) is 52.5 Å². The largest absolute Gasteiger partial charge is 0.508 e. The maximum atomic E-state index is 13.9. The third-order valence-corrected chi connectivity index (χ3v) is 8.66. The molecule has 1 aromatic rings. The summed E-state index contributed by atoms with van der Waals surface area (Å²) >= 11 is 0. The molecule has 262 valence electrons. The van der Waals surface area contributed by atoms with Crippen LogP contribution in [0.5, 0.6) is 5.75 Å². The number of benzene rings is 1. The Morgan fingerprint density at radius 1 is 1.00 bits per heavy atom. The predicted octanol–water partition coefficient (Wildman–Crippen LogP) is -4.66. The van der Waals surface area contributed by atoms with Gasteiger partial charge in [0.25, 0.3) is 0 Å². The van der Waals surface area contributed by atoms with E-state index in [1.807, 2.05) is 0 Å². The van der Waals surface area contributed by atoms with Gasteiger partial charge in [-0.25, -0.2) is 4.18 Å². The van der Waals surface area contributed by atoms with Crippen molar-refractivity contribution in [2.24, 2.45) is 0 Å². The number of aryl methyl sites for hydroxylation is 1. The van der Waals surface area contributed by atoms with Gasteiger partial charge in [-0.2, -0.15) is 8.42 Å². The minimum absolute atomic E-state index is 0.106. The zero-order valence-electron chi connectivity index (χ0n) is 24.0. The topological polar surface area (TPSA) is 339 Å². The number of aromatic hydroxyl groups is 1. The maximum absolute atomic E-state index is 13.9. The van der Waals surface area contributed by atoms with Gasteiger partial charge >= 0.3 is 10.4 Å². The highest BCUT2D eigenvalue weighted by molar-refractivity contribution is 7.80. The molecule has 1 aromatic carbocycles. The highest BCUT2D eigenvalue weighted by Gasteiger charge is 2.63. The molecule has 11 atom stereocenters. The van der Waals surface area contributed by atoms with Crippen LogP contribution in [0.2, 0.25) is 0 Å². The molecule has 11 unspecified atom stereocenters. The van der Waals surface area contributed by atoms with Gasteiger partial charge in [0.2, 0.25) is 11.4 Å². The van der Waals surface area contributed by atoms with Gasteiger partial charge in [-0.3, -0.25) is 14.1 Å². The van der Waals surface area contributed by atoms with E-state index in [0.29, 0.717) is 5.56 Å². The lowest BCUT2D eigenvalue weighted by Gasteiger charge is -2.48. The molecule has 1 aliphatic carbocycles. The molecule has 0 amide bonds. The highest BCUT2D eigenvalue weighted by Crippen LogP contribution is 2.43. The van der Waals surface area contributed by atoms with Crippen molar-refractivity contribution in [3.8, 4) is 5.75 Å². The molecule has 47 heavy (non-hydrogen) atoms. The van der Waals surface area contributed by atoms with Crippen molar-refractivity contribution in [1.82, 2.24) is 0 Å². The van der Waals surface area contributed by atoms with Crippen LogP contribution in [0.15, 0.2) is 46.9 Å². The van der Waals surface area contributed by atoms with E-state index in [-0.39, 0.29) is 12.2 Å². The number of hydrogen-bond donors (Lipinski definition) is 12. The number of ketones is 2. The monoisotopic (exact) mass is 694 g/mol. The van der Waals surface area contributed by atoms with Crippen LogP contribution in [-0.4, -0.2) is 161 Å². The van der Waals surface area contributed by atoms with Gasteiger partial charge in [0.05, 0.1) is 18.8 Å². The van der Waals surface area contributed by atoms with Crippen LogP contribution in [0, 0.1) is 0 Å². The third kappa shape index (κ3) is 6.91. The second kappa shape index (κ2) is 13.8. The summed E-state index contributed by atoms with van der Waals surface area (Å²) in [5.41, 5.74) is -5.91. The fourth-order valence-corrected chi connectivity index (χ4v) is 6.17. The second-order valence-electron chi connectivity index (χ2n) is 11.2. The number of ether oxygens (including phenoxy) is 2. The van der Waals surface area contributed by atoms with Gasteiger partial charge in [0.1, 0.15) is 83.9 Å². The molecule has 12 N–H and O–H groups in total. The Morgan fingerprint density at radius 3 is 2.19 bits per heavy atom. The number of hydrogen-bond acceptors (Lipinski definition) is 18. The van der Waals surface area contributed by atoms with E-state index in [1.165, 1.54) is 24.3 Å². The molecule has 0 aromatic heterocycles. The Morgan fingerprint density at radius 2 is 1.62 bits per heavy atom. The van der Waals surface area contributed by atoms with E-state index in [2.05, 4.69) is 4.18 Å². The van der Waals surface area contributed by atoms with E-state index >= 15 is 0 Å². The SMILES string of the molecule is O=C(CCc1ccc(O)cc1)C1=C(O)C(C(O)C2OCC(O)C(O)C2O)=C(O)C(O)(C2OC(CO)C(O)C(OS(=O)(=O)O)C2O)C1=O. The molecule has 0 saturated carbocycles. The first-order chi connectivity index (χ1) is 21.8. The average Bonchev–Trinajstić information content (AvgIpc) is 3.00. The zero-order chi connectivity index (χ0) is 35.2. The van der Waals surface area contributed by atoms with Crippen molar-refractivity contribution < 1.29 is 92.4 Å². The summed E-state index contributed by atoms with van der Waals surface area (Å²) in [5, 5.41) is 117. The lowest BCUT2D eigenvalue weighted by Crippen LogP contribution is -2.69. The van der Waals surface area contributed by atoms with Gasteiger partial charge in [-0.1, -0.05) is 12.1 Å². The highest BCUT2D eigenvalue weighted by atomic mass is 32.3. The fraction of sp³-hybridized carbons (Fsp3) is 0.556. The number of aliphatic hydroxyl groups excluding tert-OH is 9. The van der Waals surface area contributed by atoms with Crippen LogP contribution < -0.4 is 0 Å². The molecular formula is C27H34O19S. The summed E-state index contributed by atoms with van der Waals surface area (Å²) in [6.07, 6.45) is -23.2. The molecule has 0 bridgehead atoms. The summed E-state index contributed by atoms with van der Waals surface area (Å²) in [4.78, 5) is 27.4. The van der Waals surface area contributed by atoms with Gasteiger partial charge in [-0.15, -0.1) is 0 Å². The minimum Gasteiger partial charge on any atom is -0.508 e. The first-order valence-corrected chi connectivity index (χ1v) is 15.3. The molecule has 19 nitrogen and oxygen atoms in total. The summed E-state index contributed by atoms with van der Waals surface area (Å²) in [6.45, 7) is -1.92. The van der Waals surface area contributed by atoms with Crippen molar-refractivity contribution in [2.45, 2.75) is 79.5 Å². The Balaban J connectivity index is 1.85. The number of aliphatic hydroxyl groups is 10. The first-order valence-electron chi connectivity index (χ1n) is 13.9. The number of phenols is 1. The van der Waals surface area contributed by atoms with Gasteiger partial charge in [0, 0.05) is 6.42 Å². The van der Waals surface area contributed by atoms with Crippen molar-refractivity contribution in [1.29, 1.82) is 0 Å². The quantitative estimate of drug-likeness (QED) is 0.0809. The number of carbonyl (C=O) groups excluding carboxylic acids is 2. The maximum Gasteiger partial charge on any atom is 0.397 e. The number of phenolic OH excluding ortho intramolecular Hbond substituents is 1. The van der Waals surface area contributed by atoms with E-state index in [4.69, 9.17) is 9.47 Å². The Labute approximate surface area is 265 Å². The van der Waals surface area contributed by atoms with Crippen molar-refractivity contribution >= 4 is 22.0 Å². The summed E-state index contributed by atoms with van der Waals surface area (Å²) < 4.78 is 46.9. The van der Waals surface area contributed by atoms with Gasteiger partial charge in [0.15, 0.2) is 5.78 Å². The summed E-state index contributed by atoms with van der Waals surface area (Å²) in [7, 11) is -5.49. The molecule has 20 heteroatoms. The van der Waals surface area contributed by atoms with E-state index < -0.39 is 131 Å². The predicted molar refractivity (Wildman–Crippen MR) is 149 cm³/mol. The van der Waals surface area contributed by atoms with E-state index in [1.54, 1.807) is 0 Å². The minimum atomic E-state index is -5.49. The Hall–Kier alpha value is -3.09. The standard InChI is InChI=1S/C27H34O19S/c28-7-13-17(33)23(46-47(41,42)43)21(37)26(45-13)27(40)24(38)14(11(30)6-3-9-1-4-10(29)5-2-9)18(34)15(25(27)39)19(35)22-20(36)16(32)12(31)8-44-22/h1-2,4-5,12-13,16-17,19-23,26,28-29,31-37,39-40H,3,6-8H2,(H,41,42,43). The van der Waals surface area contributed by atoms with E-state index in [0.717, 1.165) is 0 Å². The van der Waals surface area contributed by atoms with Gasteiger partial charge in [-0.05, 0) is 24.1 Å². The molecule has 4 rings (SSSR count). The normalized spacial score (nSPS) is 36.0. The summed E-state index contributed by atoms with van der Waals surface area (Å²) in [5.74, 6) is -6.44. The third-order valence-electron chi connectivity index (χ3n) is 8.19. The molecule has 2 fully saturated rings. The fourth-order valence-electron chi connectivity index (χ4n) is 5.66. The van der Waals surface area contributed by atoms with Crippen molar-refractivity contribution in [3.63, 3.8) is 0 Å². The smallest absolute Gasteiger partial charge is 0.397 e. The van der Waals surface area contributed by atoms with Crippen LogP contribution in [0.4, 0.5) is 0 Å². The number of Topliss-reactive ketones (excluding diaryl/α,β-unsaturated/α-hetero) is 2. The average molecular weight is 695 g/mol. The number of carbonyl (C=O) groups is 2. The Bertz CT molecular complexity index is 1520. The van der Waals surface area contributed by atoms with Crippen LogP contribution in [0.3, 0.4) is 0 Å².